The standard InChI is InChI=1S/C13H13F4N3S/c1-18-7-3-6-10-19-20-12(21-10)8-4-2-5-9(11(8)14)13(15,16)17/h2,4-5,18H,3,6-7H2,1H3. The molecule has 0 saturated carbocycles. The van der Waals surface area contributed by atoms with Crippen LogP contribution in [0, 0.1) is 5.82 Å². The highest BCUT2D eigenvalue weighted by Crippen LogP contribution is 2.36. The highest BCUT2D eigenvalue weighted by atomic mass is 32.1. The van der Waals surface area contributed by atoms with Crippen molar-refractivity contribution in [3.8, 4) is 10.6 Å². The third kappa shape index (κ3) is 3.76. The lowest BCUT2D eigenvalue weighted by Gasteiger charge is -2.09. The van der Waals surface area contributed by atoms with E-state index in [-0.39, 0.29) is 10.6 Å². The first-order valence-corrected chi connectivity index (χ1v) is 7.08. The molecule has 0 fully saturated rings. The number of hydrogen-bond acceptors (Lipinski definition) is 4. The van der Waals surface area contributed by atoms with Gasteiger partial charge in [-0.05, 0) is 32.1 Å². The van der Waals surface area contributed by atoms with Gasteiger partial charge in [-0.3, -0.25) is 0 Å². The number of alkyl halides is 3. The Morgan fingerprint density at radius 3 is 2.67 bits per heavy atom. The fraction of sp³-hybridized carbons (Fsp3) is 0.385. The molecule has 0 unspecified atom stereocenters. The first kappa shape index (κ1) is 15.8. The quantitative estimate of drug-likeness (QED) is 0.677. The van der Waals surface area contributed by atoms with Crippen LogP contribution in [0.2, 0.25) is 0 Å². The summed E-state index contributed by atoms with van der Waals surface area (Å²) in [4.78, 5) is 0. The number of rotatable bonds is 5. The van der Waals surface area contributed by atoms with E-state index in [0.717, 1.165) is 24.3 Å². The maximum Gasteiger partial charge on any atom is 0.419 e. The van der Waals surface area contributed by atoms with Gasteiger partial charge in [-0.25, -0.2) is 4.39 Å². The Hall–Kier alpha value is -1.54. The molecule has 1 aromatic heterocycles. The normalized spacial score (nSPS) is 11.9. The summed E-state index contributed by atoms with van der Waals surface area (Å²) in [7, 11) is 1.82. The number of halogens is 4. The largest absolute Gasteiger partial charge is 0.419 e. The molecule has 0 atom stereocenters. The number of aromatic nitrogens is 2. The number of benzene rings is 1. The maximum absolute atomic E-state index is 14.0. The van der Waals surface area contributed by atoms with Crippen molar-refractivity contribution in [1.29, 1.82) is 0 Å². The zero-order chi connectivity index (χ0) is 15.5. The van der Waals surface area contributed by atoms with Gasteiger partial charge in [0, 0.05) is 12.0 Å². The molecular formula is C13H13F4N3S. The van der Waals surface area contributed by atoms with Crippen LogP contribution in [0.15, 0.2) is 18.2 Å². The van der Waals surface area contributed by atoms with Crippen molar-refractivity contribution in [2.45, 2.75) is 19.0 Å². The Morgan fingerprint density at radius 2 is 2.00 bits per heavy atom. The average Bonchev–Trinajstić information content (AvgIpc) is 2.86. The van der Waals surface area contributed by atoms with Crippen LogP contribution in [0.1, 0.15) is 17.0 Å². The van der Waals surface area contributed by atoms with E-state index in [2.05, 4.69) is 15.5 Å². The SMILES string of the molecule is CNCCCc1nnc(-c2cccc(C(F)(F)F)c2F)s1. The second-order valence-electron chi connectivity index (χ2n) is 4.37. The van der Waals surface area contributed by atoms with Crippen molar-refractivity contribution in [1.82, 2.24) is 15.5 Å². The molecule has 3 nitrogen and oxygen atoms in total. The first-order valence-electron chi connectivity index (χ1n) is 6.26. The van der Waals surface area contributed by atoms with Gasteiger partial charge in [0.1, 0.15) is 10.8 Å². The van der Waals surface area contributed by atoms with E-state index < -0.39 is 17.6 Å². The zero-order valence-electron chi connectivity index (χ0n) is 11.2. The molecule has 2 aromatic rings. The molecule has 0 radical (unpaired) electrons. The van der Waals surface area contributed by atoms with Crippen LogP contribution in [0.3, 0.4) is 0 Å². The number of aryl methyl sites for hydroxylation is 1. The van der Waals surface area contributed by atoms with E-state index in [1.165, 1.54) is 12.1 Å². The molecule has 0 aliphatic heterocycles. The summed E-state index contributed by atoms with van der Waals surface area (Å²) in [6, 6.07) is 3.17. The molecule has 0 amide bonds. The first-order chi connectivity index (χ1) is 9.93. The van der Waals surface area contributed by atoms with Gasteiger partial charge in [0.15, 0.2) is 5.01 Å². The Labute approximate surface area is 123 Å². The molecule has 8 heteroatoms. The van der Waals surface area contributed by atoms with Gasteiger partial charge in [0.05, 0.1) is 5.56 Å². The van der Waals surface area contributed by atoms with E-state index in [1.807, 2.05) is 7.05 Å². The predicted octanol–water partition coefficient (Wildman–Crippen LogP) is 3.52. The summed E-state index contributed by atoms with van der Waals surface area (Å²) in [6.45, 7) is 0.798. The minimum atomic E-state index is -4.72. The third-order valence-electron chi connectivity index (χ3n) is 2.82. The lowest BCUT2D eigenvalue weighted by Crippen LogP contribution is -2.08. The Bertz CT molecular complexity index is 610. The fourth-order valence-corrected chi connectivity index (χ4v) is 2.70. The second kappa shape index (κ2) is 6.48. The van der Waals surface area contributed by atoms with Crippen LogP contribution in [0.5, 0.6) is 0 Å². The molecule has 0 aliphatic carbocycles. The minimum Gasteiger partial charge on any atom is -0.320 e. The van der Waals surface area contributed by atoms with Crippen LogP contribution in [-0.2, 0) is 12.6 Å². The highest BCUT2D eigenvalue weighted by molar-refractivity contribution is 7.14. The van der Waals surface area contributed by atoms with Crippen molar-refractivity contribution in [3.63, 3.8) is 0 Å². The molecule has 0 bridgehead atoms. The summed E-state index contributed by atoms with van der Waals surface area (Å²) >= 11 is 1.11. The molecule has 2 rings (SSSR count). The van der Waals surface area contributed by atoms with Gasteiger partial charge in [-0.2, -0.15) is 13.2 Å². The van der Waals surface area contributed by atoms with Crippen molar-refractivity contribution < 1.29 is 17.6 Å². The topological polar surface area (TPSA) is 37.8 Å². The molecule has 1 heterocycles. The van der Waals surface area contributed by atoms with Crippen molar-refractivity contribution in [2.24, 2.45) is 0 Å². The van der Waals surface area contributed by atoms with Gasteiger partial charge in [0.2, 0.25) is 0 Å². The molecule has 1 aromatic carbocycles. The Kier molecular flexibility index (Phi) is 4.89. The van der Waals surface area contributed by atoms with E-state index in [1.54, 1.807) is 0 Å². The van der Waals surface area contributed by atoms with E-state index >= 15 is 0 Å². The van der Waals surface area contributed by atoms with Crippen molar-refractivity contribution in [3.05, 3.63) is 34.6 Å². The smallest absolute Gasteiger partial charge is 0.320 e. The van der Waals surface area contributed by atoms with Crippen LogP contribution in [0.25, 0.3) is 10.6 Å². The third-order valence-corrected chi connectivity index (χ3v) is 3.84. The average molecular weight is 319 g/mol. The molecule has 0 aliphatic rings. The molecular weight excluding hydrogens is 306 g/mol. The van der Waals surface area contributed by atoms with Crippen molar-refractivity contribution >= 4 is 11.3 Å². The van der Waals surface area contributed by atoms with Crippen LogP contribution in [-0.4, -0.2) is 23.8 Å². The van der Waals surface area contributed by atoms with E-state index in [9.17, 15) is 17.6 Å². The fourth-order valence-electron chi connectivity index (χ4n) is 1.80. The van der Waals surface area contributed by atoms with Gasteiger partial charge < -0.3 is 5.32 Å². The predicted molar refractivity (Wildman–Crippen MR) is 72.6 cm³/mol. The van der Waals surface area contributed by atoms with E-state index in [4.69, 9.17) is 0 Å². The monoisotopic (exact) mass is 319 g/mol. The highest BCUT2D eigenvalue weighted by Gasteiger charge is 2.35. The van der Waals surface area contributed by atoms with Crippen molar-refractivity contribution in [2.75, 3.05) is 13.6 Å². The molecule has 0 saturated heterocycles. The summed E-state index contributed by atoms with van der Waals surface area (Å²) in [5.41, 5.74) is -1.45. The van der Waals surface area contributed by atoms with Gasteiger partial charge in [0.25, 0.3) is 0 Å². The second-order valence-corrected chi connectivity index (χ2v) is 5.44. The number of nitrogens with zero attached hydrogens (tertiary/aromatic N) is 2. The molecule has 1 N–H and O–H groups in total. The number of hydrogen-bond donors (Lipinski definition) is 1. The van der Waals surface area contributed by atoms with E-state index in [0.29, 0.717) is 17.5 Å². The lowest BCUT2D eigenvalue weighted by molar-refractivity contribution is -0.139. The summed E-state index contributed by atoms with van der Waals surface area (Å²) in [5.74, 6) is -1.30. The Morgan fingerprint density at radius 1 is 1.24 bits per heavy atom. The minimum absolute atomic E-state index is 0.165. The summed E-state index contributed by atoms with van der Waals surface area (Å²) in [5, 5.41) is 11.5. The van der Waals surface area contributed by atoms with Crippen LogP contribution in [0.4, 0.5) is 17.6 Å². The summed E-state index contributed by atoms with van der Waals surface area (Å²) in [6.07, 6.45) is -3.24. The maximum atomic E-state index is 14.0. The molecule has 21 heavy (non-hydrogen) atoms. The van der Waals surface area contributed by atoms with Gasteiger partial charge in [-0.15, -0.1) is 10.2 Å². The van der Waals surface area contributed by atoms with Crippen LogP contribution >= 0.6 is 11.3 Å². The lowest BCUT2D eigenvalue weighted by atomic mass is 10.1. The Balaban J connectivity index is 2.26. The van der Waals surface area contributed by atoms with Crippen LogP contribution < -0.4 is 5.32 Å². The number of nitrogens with one attached hydrogen (secondary N) is 1. The molecule has 114 valence electrons. The van der Waals surface area contributed by atoms with Gasteiger partial charge >= 0.3 is 6.18 Å². The molecule has 0 spiro atoms. The van der Waals surface area contributed by atoms with Gasteiger partial charge in [-0.1, -0.05) is 17.4 Å². The summed E-state index contributed by atoms with van der Waals surface area (Å²) < 4.78 is 52.0. The zero-order valence-corrected chi connectivity index (χ0v) is 12.0.